The highest BCUT2D eigenvalue weighted by Gasteiger charge is 2.42. The summed E-state index contributed by atoms with van der Waals surface area (Å²) in [7, 11) is 1.31. The first-order chi connectivity index (χ1) is 17.6. The lowest BCUT2D eigenvalue weighted by Gasteiger charge is -2.29. The number of nitrogens with one attached hydrogen (secondary N) is 1. The van der Waals surface area contributed by atoms with Crippen molar-refractivity contribution in [1.29, 1.82) is 0 Å². The van der Waals surface area contributed by atoms with Crippen molar-refractivity contribution in [2.24, 2.45) is 11.8 Å². The van der Waals surface area contributed by atoms with E-state index in [2.05, 4.69) is 10.3 Å². The Labute approximate surface area is 214 Å². The van der Waals surface area contributed by atoms with Crippen LogP contribution in [0, 0.1) is 11.8 Å². The summed E-state index contributed by atoms with van der Waals surface area (Å²) in [6, 6.07) is 9.01. The number of carbonyl (C=O) groups is 4. The smallest absolute Gasteiger partial charge is 0.332 e. The minimum absolute atomic E-state index is 0.0100. The van der Waals surface area contributed by atoms with Gasteiger partial charge in [0.15, 0.2) is 29.3 Å². The number of hydrogen-bond donors (Lipinski definition) is 2. The maximum absolute atomic E-state index is 13.2. The van der Waals surface area contributed by atoms with E-state index in [1.54, 1.807) is 13.8 Å². The van der Waals surface area contributed by atoms with Gasteiger partial charge in [0.05, 0.1) is 13.0 Å². The average molecular weight is 515 g/mol. The van der Waals surface area contributed by atoms with E-state index in [0.717, 1.165) is 5.56 Å². The predicted octanol–water partition coefficient (Wildman–Crippen LogP) is 1.81. The highest BCUT2D eigenvalue weighted by Crippen LogP contribution is 2.28. The Morgan fingerprint density at radius 3 is 2.51 bits per heavy atom. The molecule has 11 nitrogen and oxygen atoms in total. The second kappa shape index (κ2) is 12.2. The van der Waals surface area contributed by atoms with Crippen molar-refractivity contribution in [3.63, 3.8) is 0 Å². The Morgan fingerprint density at radius 2 is 1.86 bits per heavy atom. The molecule has 1 aromatic carbocycles. The molecule has 1 aromatic heterocycles. The fourth-order valence-corrected chi connectivity index (χ4v) is 3.74. The van der Waals surface area contributed by atoms with Gasteiger partial charge in [-0.15, -0.1) is 0 Å². The monoisotopic (exact) mass is 514 g/mol. The van der Waals surface area contributed by atoms with Crippen molar-refractivity contribution in [3.05, 3.63) is 53.9 Å². The van der Waals surface area contributed by atoms with Crippen LogP contribution in [-0.4, -0.2) is 65.9 Å². The SMILES string of the molecule is COc1ccnc(C(=O)N[C@H]2COC(=O)[C@@H](Cc3ccccc3)[C@@H](OC(=O)C(C)C)[C@H](C)OC2=O)c1O. The number of aromatic hydroxyl groups is 1. The topological polar surface area (TPSA) is 150 Å². The zero-order valence-corrected chi connectivity index (χ0v) is 21.0. The Balaban J connectivity index is 1.87. The maximum Gasteiger partial charge on any atom is 0.332 e. The molecule has 0 bridgehead atoms. The fraction of sp³-hybridized carbons (Fsp3) is 0.423. The van der Waals surface area contributed by atoms with Gasteiger partial charge >= 0.3 is 17.9 Å². The molecule has 1 amide bonds. The fourth-order valence-electron chi connectivity index (χ4n) is 3.74. The van der Waals surface area contributed by atoms with Gasteiger partial charge in [-0.2, -0.15) is 0 Å². The van der Waals surface area contributed by atoms with Crippen molar-refractivity contribution in [2.45, 2.75) is 45.4 Å². The Kier molecular flexibility index (Phi) is 9.05. The van der Waals surface area contributed by atoms with Gasteiger partial charge in [0.25, 0.3) is 5.91 Å². The van der Waals surface area contributed by atoms with Crippen LogP contribution in [0.5, 0.6) is 11.5 Å². The number of benzene rings is 1. The molecule has 3 rings (SSSR count). The van der Waals surface area contributed by atoms with Crippen molar-refractivity contribution in [2.75, 3.05) is 13.7 Å². The van der Waals surface area contributed by atoms with Crippen LogP contribution in [0.2, 0.25) is 0 Å². The number of rotatable bonds is 7. The molecule has 2 N–H and O–H groups in total. The van der Waals surface area contributed by atoms with Crippen molar-refractivity contribution in [3.8, 4) is 11.5 Å². The summed E-state index contributed by atoms with van der Waals surface area (Å²) in [6.45, 7) is 4.25. The molecule has 37 heavy (non-hydrogen) atoms. The Bertz CT molecular complexity index is 1140. The molecule has 0 aliphatic carbocycles. The maximum atomic E-state index is 13.2. The van der Waals surface area contributed by atoms with Crippen LogP contribution in [-0.2, 0) is 35.0 Å². The summed E-state index contributed by atoms with van der Waals surface area (Å²) in [4.78, 5) is 55.3. The molecule has 0 saturated carbocycles. The molecular formula is C26H30N2O9. The van der Waals surface area contributed by atoms with Gasteiger partial charge in [-0.25, -0.2) is 9.78 Å². The third-order valence-corrected chi connectivity index (χ3v) is 5.79. The van der Waals surface area contributed by atoms with Crippen LogP contribution in [0.1, 0.15) is 36.8 Å². The lowest BCUT2D eigenvalue weighted by atomic mass is 9.91. The minimum Gasteiger partial charge on any atom is -0.503 e. The van der Waals surface area contributed by atoms with Crippen molar-refractivity contribution < 1.29 is 43.2 Å². The number of aromatic nitrogens is 1. The van der Waals surface area contributed by atoms with Gasteiger partial charge < -0.3 is 29.4 Å². The number of pyridine rings is 1. The summed E-state index contributed by atoms with van der Waals surface area (Å²) in [6.07, 6.45) is -0.766. The van der Waals surface area contributed by atoms with Crippen LogP contribution in [0.3, 0.4) is 0 Å². The quantitative estimate of drug-likeness (QED) is 0.414. The number of cyclic esters (lactones) is 2. The van der Waals surface area contributed by atoms with E-state index >= 15 is 0 Å². The molecule has 1 aliphatic rings. The Hall–Kier alpha value is -4.15. The van der Waals surface area contributed by atoms with Crippen LogP contribution in [0.15, 0.2) is 42.6 Å². The van der Waals surface area contributed by atoms with E-state index in [9.17, 15) is 24.3 Å². The number of ether oxygens (including phenoxy) is 4. The van der Waals surface area contributed by atoms with Gasteiger partial charge in [0.2, 0.25) is 0 Å². The summed E-state index contributed by atoms with van der Waals surface area (Å²) >= 11 is 0. The average Bonchev–Trinajstić information content (AvgIpc) is 2.91. The molecule has 1 fully saturated rings. The van der Waals surface area contributed by atoms with Gasteiger partial charge in [0.1, 0.15) is 18.6 Å². The summed E-state index contributed by atoms with van der Waals surface area (Å²) < 4.78 is 21.5. The number of amides is 1. The molecule has 0 radical (unpaired) electrons. The predicted molar refractivity (Wildman–Crippen MR) is 129 cm³/mol. The number of hydrogen-bond acceptors (Lipinski definition) is 10. The summed E-state index contributed by atoms with van der Waals surface area (Å²) in [5.41, 5.74) is 0.398. The highest BCUT2D eigenvalue weighted by molar-refractivity contribution is 5.98. The van der Waals surface area contributed by atoms with Crippen LogP contribution < -0.4 is 10.1 Å². The van der Waals surface area contributed by atoms with Gasteiger partial charge in [-0.05, 0) is 18.9 Å². The first-order valence-corrected chi connectivity index (χ1v) is 11.8. The number of carbonyl (C=O) groups excluding carboxylic acids is 4. The third kappa shape index (κ3) is 6.75. The lowest BCUT2D eigenvalue weighted by molar-refractivity contribution is -0.176. The molecule has 2 aromatic rings. The summed E-state index contributed by atoms with van der Waals surface area (Å²) in [5.74, 6) is -5.10. The van der Waals surface area contributed by atoms with Crippen LogP contribution in [0.25, 0.3) is 0 Å². The van der Waals surface area contributed by atoms with Crippen LogP contribution >= 0.6 is 0 Å². The molecular weight excluding hydrogens is 484 g/mol. The van der Waals surface area contributed by atoms with E-state index in [0.29, 0.717) is 0 Å². The third-order valence-electron chi connectivity index (χ3n) is 5.79. The number of esters is 3. The Morgan fingerprint density at radius 1 is 1.16 bits per heavy atom. The largest absolute Gasteiger partial charge is 0.503 e. The zero-order valence-electron chi connectivity index (χ0n) is 21.0. The molecule has 1 aliphatic heterocycles. The molecule has 4 atom stereocenters. The highest BCUT2D eigenvalue weighted by atomic mass is 16.6. The standard InChI is InChI=1S/C26H30N2O9/c1-14(2)24(31)37-22-15(3)36-26(33)18(28-23(30)20-21(29)19(34-4)10-11-27-20)13-35-25(32)17(22)12-16-8-6-5-7-9-16/h5-11,14-15,17-18,22,29H,12-13H2,1-4H3,(H,28,30)/t15-,17-,18-,22-/m0/s1. The van der Waals surface area contributed by atoms with Gasteiger partial charge in [0, 0.05) is 12.3 Å². The van der Waals surface area contributed by atoms with Crippen LogP contribution in [0.4, 0.5) is 0 Å². The van der Waals surface area contributed by atoms with E-state index in [-0.39, 0.29) is 12.2 Å². The second-order valence-corrected chi connectivity index (χ2v) is 8.86. The minimum atomic E-state index is -1.41. The van der Waals surface area contributed by atoms with Crippen molar-refractivity contribution in [1.82, 2.24) is 10.3 Å². The zero-order chi connectivity index (χ0) is 27.1. The second-order valence-electron chi connectivity index (χ2n) is 8.86. The van der Waals surface area contributed by atoms with E-state index in [1.807, 2.05) is 30.3 Å². The van der Waals surface area contributed by atoms with E-state index in [4.69, 9.17) is 18.9 Å². The molecule has 2 heterocycles. The van der Waals surface area contributed by atoms with E-state index in [1.165, 1.54) is 26.3 Å². The molecule has 198 valence electrons. The molecule has 1 saturated heterocycles. The van der Waals surface area contributed by atoms with Gasteiger partial charge in [-0.3, -0.25) is 14.4 Å². The van der Waals surface area contributed by atoms with Gasteiger partial charge in [-0.1, -0.05) is 44.2 Å². The molecule has 0 spiro atoms. The normalized spacial score (nSPS) is 22.1. The lowest BCUT2D eigenvalue weighted by Crippen LogP contribution is -2.47. The van der Waals surface area contributed by atoms with E-state index < -0.39 is 72.0 Å². The first kappa shape index (κ1) is 27.4. The molecule has 0 unspecified atom stereocenters. The number of nitrogens with zero attached hydrogens (tertiary/aromatic N) is 1. The molecule has 11 heteroatoms. The summed E-state index contributed by atoms with van der Waals surface area (Å²) in [5, 5.41) is 12.6. The first-order valence-electron chi connectivity index (χ1n) is 11.8. The number of methoxy groups -OCH3 is 1. The van der Waals surface area contributed by atoms with Crippen molar-refractivity contribution >= 4 is 23.8 Å².